The van der Waals surface area contributed by atoms with E-state index in [0.717, 1.165) is 27.6 Å². The van der Waals surface area contributed by atoms with E-state index in [1.54, 1.807) is 0 Å². The number of furan rings is 1. The molecular weight excluding hydrogens is 751 g/mol. The van der Waals surface area contributed by atoms with Crippen LogP contribution >= 0.6 is 0 Å². The van der Waals surface area contributed by atoms with Crippen molar-refractivity contribution in [1.29, 1.82) is 0 Å². The number of fused-ring (bicyclic) bond motifs is 25. The van der Waals surface area contributed by atoms with Gasteiger partial charge in [0, 0.05) is 27.2 Å². The molecular formula is C60H35NO. The maximum atomic E-state index is 6.34. The van der Waals surface area contributed by atoms with Gasteiger partial charge in [-0.05, 0) is 114 Å². The molecule has 12 aromatic rings. The third kappa shape index (κ3) is 3.68. The fraction of sp³-hybridized carbons (Fsp3) is 0.0333. The predicted molar refractivity (Wildman–Crippen MR) is 254 cm³/mol. The standard InChI is InChI=1S/C60H35NO/c1-2-16-38-36(15-1)29-32-52-57(38)58-53(61(52)37-30-34-55-43(35-37)41-19-6-14-28-54(41)62-55)33-31-51-56(58)42-20-5-9-23-46(42)60(51)49-26-12-10-24-47(49)59(48-25-11-13-27-50(48)60)44-21-7-3-17-39(44)40-18-4-8-22-45(40)59/h1-35H. The molecule has 2 heteroatoms. The van der Waals surface area contributed by atoms with Gasteiger partial charge in [-0.25, -0.2) is 0 Å². The largest absolute Gasteiger partial charge is 0.456 e. The smallest absolute Gasteiger partial charge is 0.135 e. The quantitative estimate of drug-likeness (QED) is 0.162. The lowest BCUT2D eigenvalue weighted by Crippen LogP contribution is -2.43. The van der Waals surface area contributed by atoms with E-state index in [1.165, 1.54) is 99.3 Å². The molecule has 3 aliphatic rings. The van der Waals surface area contributed by atoms with Crippen molar-refractivity contribution in [2.75, 3.05) is 0 Å². The van der Waals surface area contributed by atoms with E-state index in [0.29, 0.717) is 0 Å². The van der Waals surface area contributed by atoms with Crippen molar-refractivity contribution in [3.05, 3.63) is 257 Å². The van der Waals surface area contributed by atoms with Crippen molar-refractivity contribution in [1.82, 2.24) is 4.57 Å². The summed E-state index contributed by atoms with van der Waals surface area (Å²) in [5.41, 5.74) is 20.3. The Morgan fingerprint density at radius 1 is 0.323 bits per heavy atom. The van der Waals surface area contributed by atoms with Crippen LogP contribution in [-0.4, -0.2) is 4.57 Å². The fourth-order valence-corrected chi connectivity index (χ4v) is 12.7. The van der Waals surface area contributed by atoms with E-state index in [-0.39, 0.29) is 0 Å². The molecule has 15 rings (SSSR count). The number of aromatic nitrogens is 1. The van der Waals surface area contributed by atoms with Crippen LogP contribution in [0.4, 0.5) is 0 Å². The van der Waals surface area contributed by atoms with Crippen LogP contribution in [0.1, 0.15) is 44.5 Å². The lowest BCUT2D eigenvalue weighted by Gasteiger charge is -2.48. The Balaban J connectivity index is 1.11. The Hall–Kier alpha value is -7.94. The first kappa shape index (κ1) is 32.9. The molecule has 2 spiro atoms. The maximum Gasteiger partial charge on any atom is 0.135 e. The van der Waals surface area contributed by atoms with Gasteiger partial charge in [-0.3, -0.25) is 0 Å². The first-order valence-corrected chi connectivity index (χ1v) is 21.7. The predicted octanol–water partition coefficient (Wildman–Crippen LogP) is 14.9. The van der Waals surface area contributed by atoms with Gasteiger partial charge in [0.05, 0.1) is 21.9 Å². The van der Waals surface area contributed by atoms with Gasteiger partial charge in [-0.2, -0.15) is 0 Å². The van der Waals surface area contributed by atoms with Crippen LogP contribution in [-0.2, 0) is 10.8 Å². The van der Waals surface area contributed by atoms with E-state index in [9.17, 15) is 0 Å². The highest BCUT2D eigenvalue weighted by Gasteiger charge is 2.59. The van der Waals surface area contributed by atoms with Gasteiger partial charge in [-0.1, -0.05) is 176 Å². The number of para-hydroxylation sites is 1. The van der Waals surface area contributed by atoms with Crippen LogP contribution in [0.5, 0.6) is 0 Å². The SMILES string of the molecule is c1ccc2c(c1)-c1ccccc1C21c2ccccc2C2(c3ccccc3-c3c2ccc2c3c3c4ccccc4ccc3n2-c2ccc3oc4ccccc4c3c2)c2ccccc21. The first-order chi connectivity index (χ1) is 30.8. The summed E-state index contributed by atoms with van der Waals surface area (Å²) in [5, 5.41) is 7.33. The van der Waals surface area contributed by atoms with Crippen molar-refractivity contribution in [3.8, 4) is 27.9 Å². The number of hydrogen-bond acceptors (Lipinski definition) is 1. The summed E-state index contributed by atoms with van der Waals surface area (Å²) in [5.74, 6) is 0. The molecule has 0 atom stereocenters. The lowest BCUT2D eigenvalue weighted by atomic mass is 9.52. The number of benzene rings is 10. The number of nitrogens with zero attached hydrogens (tertiary/aromatic N) is 1. The summed E-state index contributed by atoms with van der Waals surface area (Å²) < 4.78 is 8.84. The van der Waals surface area contributed by atoms with Crippen molar-refractivity contribution < 1.29 is 4.42 Å². The van der Waals surface area contributed by atoms with Gasteiger partial charge in [0.25, 0.3) is 0 Å². The summed E-state index contributed by atoms with van der Waals surface area (Å²) in [6.07, 6.45) is 0. The zero-order valence-corrected chi connectivity index (χ0v) is 33.6. The third-order valence-electron chi connectivity index (χ3n) is 14.9. The highest BCUT2D eigenvalue weighted by Crippen LogP contribution is 2.68. The van der Waals surface area contributed by atoms with Crippen LogP contribution in [0, 0.1) is 0 Å². The summed E-state index contributed by atoms with van der Waals surface area (Å²) >= 11 is 0. The Bertz CT molecular complexity index is 3860. The van der Waals surface area contributed by atoms with Crippen molar-refractivity contribution in [2.24, 2.45) is 0 Å². The number of rotatable bonds is 1. The molecule has 0 aliphatic heterocycles. The first-order valence-electron chi connectivity index (χ1n) is 21.7. The van der Waals surface area contributed by atoms with Crippen molar-refractivity contribution in [2.45, 2.75) is 10.8 Å². The average Bonchev–Trinajstić information content (AvgIpc) is 4.06. The van der Waals surface area contributed by atoms with Gasteiger partial charge >= 0.3 is 0 Å². The van der Waals surface area contributed by atoms with Crippen LogP contribution in [0.3, 0.4) is 0 Å². The Morgan fingerprint density at radius 3 is 1.48 bits per heavy atom. The zero-order chi connectivity index (χ0) is 40.3. The molecule has 0 N–H and O–H groups in total. The molecule has 0 amide bonds. The van der Waals surface area contributed by atoms with Crippen molar-refractivity contribution >= 4 is 54.5 Å². The number of hydrogen-bond donors (Lipinski definition) is 0. The molecule has 2 aromatic heterocycles. The van der Waals surface area contributed by atoms with E-state index in [4.69, 9.17) is 4.42 Å². The molecule has 0 saturated carbocycles. The Kier molecular flexibility index (Phi) is 6.07. The summed E-state index contributed by atoms with van der Waals surface area (Å²) in [6.45, 7) is 0. The monoisotopic (exact) mass is 785 g/mol. The second kappa shape index (κ2) is 11.5. The normalized spacial score (nSPS) is 14.7. The zero-order valence-electron chi connectivity index (χ0n) is 33.6. The van der Waals surface area contributed by atoms with Gasteiger partial charge in [0.15, 0.2) is 0 Å². The van der Waals surface area contributed by atoms with Gasteiger partial charge in [0.2, 0.25) is 0 Å². The highest BCUT2D eigenvalue weighted by molar-refractivity contribution is 6.26. The molecule has 10 aromatic carbocycles. The molecule has 62 heavy (non-hydrogen) atoms. The van der Waals surface area contributed by atoms with E-state index >= 15 is 0 Å². The minimum Gasteiger partial charge on any atom is -0.456 e. The summed E-state index contributed by atoms with van der Waals surface area (Å²) in [6, 6.07) is 79.8. The molecule has 0 radical (unpaired) electrons. The highest BCUT2D eigenvalue weighted by atomic mass is 16.3. The fourth-order valence-electron chi connectivity index (χ4n) is 12.7. The Morgan fingerprint density at radius 2 is 0.806 bits per heavy atom. The minimum atomic E-state index is -0.571. The molecule has 0 saturated heterocycles. The molecule has 2 heterocycles. The maximum absolute atomic E-state index is 6.34. The summed E-state index contributed by atoms with van der Waals surface area (Å²) in [4.78, 5) is 0. The second-order valence-electron chi connectivity index (χ2n) is 17.4. The molecule has 286 valence electrons. The molecule has 0 fully saturated rings. The molecule has 2 nitrogen and oxygen atoms in total. The van der Waals surface area contributed by atoms with E-state index < -0.39 is 10.8 Å². The van der Waals surface area contributed by atoms with Gasteiger partial charge < -0.3 is 8.98 Å². The molecule has 0 unspecified atom stereocenters. The van der Waals surface area contributed by atoms with E-state index in [1.807, 2.05) is 6.07 Å². The van der Waals surface area contributed by atoms with Crippen LogP contribution in [0.25, 0.3) is 82.5 Å². The van der Waals surface area contributed by atoms with Gasteiger partial charge in [-0.15, -0.1) is 0 Å². The Labute approximate surface area is 357 Å². The lowest BCUT2D eigenvalue weighted by molar-refractivity contribution is 0.633. The summed E-state index contributed by atoms with van der Waals surface area (Å²) in [7, 11) is 0. The molecule has 3 aliphatic carbocycles. The van der Waals surface area contributed by atoms with Crippen molar-refractivity contribution in [3.63, 3.8) is 0 Å². The molecule has 0 bridgehead atoms. The van der Waals surface area contributed by atoms with E-state index in [2.05, 4.69) is 211 Å². The third-order valence-corrected chi connectivity index (χ3v) is 14.9. The topological polar surface area (TPSA) is 18.1 Å². The van der Waals surface area contributed by atoms with Crippen LogP contribution < -0.4 is 0 Å². The average molecular weight is 786 g/mol. The van der Waals surface area contributed by atoms with Crippen LogP contribution in [0.2, 0.25) is 0 Å². The van der Waals surface area contributed by atoms with Gasteiger partial charge in [0.1, 0.15) is 11.2 Å². The van der Waals surface area contributed by atoms with Crippen LogP contribution in [0.15, 0.2) is 217 Å². The minimum absolute atomic E-state index is 0.477. The second-order valence-corrected chi connectivity index (χ2v) is 17.4.